The fraction of sp³-hybridized carbons (Fsp3) is 0.316. The average Bonchev–Trinajstić information content (AvgIpc) is 3.11. The highest BCUT2D eigenvalue weighted by molar-refractivity contribution is 7.89. The Hall–Kier alpha value is -2.09. The van der Waals surface area contributed by atoms with Crippen molar-refractivity contribution in [2.45, 2.75) is 11.3 Å². The molecule has 0 bridgehead atoms. The summed E-state index contributed by atoms with van der Waals surface area (Å²) in [5.41, 5.74) is 1.02. The third-order valence-electron chi connectivity index (χ3n) is 4.79. The molecular formula is C19H21ClN2O4S. The summed E-state index contributed by atoms with van der Waals surface area (Å²) >= 11 is 6.04. The van der Waals surface area contributed by atoms with Gasteiger partial charge in [-0.05, 0) is 42.7 Å². The molecule has 1 aliphatic rings. The molecule has 0 spiro atoms. The number of hydrogen-bond acceptors (Lipinski definition) is 4. The molecule has 2 aromatic carbocycles. The number of nitrogens with zero attached hydrogens (tertiary/aromatic N) is 2. The van der Waals surface area contributed by atoms with Gasteiger partial charge in [0.15, 0.2) is 0 Å². The van der Waals surface area contributed by atoms with Gasteiger partial charge in [0.1, 0.15) is 4.90 Å². The summed E-state index contributed by atoms with van der Waals surface area (Å²) in [5.74, 6) is -1.01. The SMILES string of the molecule is CN(CC1CCN(c2ccccc2)C1)S(=O)(=O)c1cc(C(=O)O)ccc1Cl. The largest absolute Gasteiger partial charge is 0.478 e. The standard InChI is InChI=1S/C19H21ClN2O4S/c1-21(12-14-9-10-22(13-14)16-5-3-2-4-6-16)27(25,26)18-11-15(19(23)24)7-8-17(18)20/h2-8,11,14H,9-10,12-13H2,1H3,(H,23,24). The van der Waals surface area contributed by atoms with E-state index in [1.807, 2.05) is 30.3 Å². The number of benzene rings is 2. The van der Waals surface area contributed by atoms with Crippen LogP contribution in [0.1, 0.15) is 16.8 Å². The van der Waals surface area contributed by atoms with Crippen LogP contribution in [0, 0.1) is 5.92 Å². The number of carbonyl (C=O) groups is 1. The van der Waals surface area contributed by atoms with E-state index >= 15 is 0 Å². The Kier molecular flexibility index (Phi) is 5.74. The van der Waals surface area contributed by atoms with E-state index in [-0.39, 0.29) is 21.4 Å². The molecule has 1 fully saturated rings. The van der Waals surface area contributed by atoms with Crippen molar-refractivity contribution in [3.63, 3.8) is 0 Å². The summed E-state index contributed by atoms with van der Waals surface area (Å²) in [6.07, 6.45) is 0.887. The van der Waals surface area contributed by atoms with Crippen molar-refractivity contribution >= 4 is 33.3 Å². The first kappa shape index (κ1) is 19.7. The molecule has 1 N–H and O–H groups in total. The highest BCUT2D eigenvalue weighted by Gasteiger charge is 2.30. The minimum atomic E-state index is -3.88. The Bertz CT molecular complexity index is 934. The maximum absolute atomic E-state index is 12.9. The van der Waals surface area contributed by atoms with Crippen molar-refractivity contribution in [3.05, 3.63) is 59.1 Å². The van der Waals surface area contributed by atoms with Crippen LogP contribution in [0.4, 0.5) is 5.69 Å². The van der Waals surface area contributed by atoms with Gasteiger partial charge in [-0.2, -0.15) is 0 Å². The van der Waals surface area contributed by atoms with Crippen LogP contribution in [-0.4, -0.2) is 50.5 Å². The lowest BCUT2D eigenvalue weighted by molar-refractivity contribution is 0.0696. The van der Waals surface area contributed by atoms with Crippen molar-refractivity contribution in [2.24, 2.45) is 5.92 Å². The predicted molar refractivity (Wildman–Crippen MR) is 105 cm³/mol. The fourth-order valence-corrected chi connectivity index (χ4v) is 5.06. The lowest BCUT2D eigenvalue weighted by Crippen LogP contribution is -2.33. The lowest BCUT2D eigenvalue weighted by atomic mass is 10.1. The molecule has 6 nitrogen and oxygen atoms in total. The summed E-state index contributed by atoms with van der Waals surface area (Å²) in [5, 5.41) is 9.13. The minimum absolute atomic E-state index is 0.0178. The summed E-state index contributed by atoms with van der Waals surface area (Å²) in [7, 11) is -2.37. The molecule has 1 unspecified atom stereocenters. The number of halogens is 1. The highest BCUT2D eigenvalue weighted by atomic mass is 35.5. The zero-order chi connectivity index (χ0) is 19.6. The van der Waals surface area contributed by atoms with Crippen LogP contribution < -0.4 is 4.90 Å². The van der Waals surface area contributed by atoms with Gasteiger partial charge in [0.25, 0.3) is 0 Å². The second kappa shape index (κ2) is 7.88. The highest BCUT2D eigenvalue weighted by Crippen LogP contribution is 2.28. The van der Waals surface area contributed by atoms with E-state index in [0.29, 0.717) is 6.54 Å². The van der Waals surface area contributed by atoms with Crippen molar-refractivity contribution in [1.29, 1.82) is 0 Å². The molecule has 0 aliphatic carbocycles. The summed E-state index contributed by atoms with van der Waals surface area (Å²) in [4.78, 5) is 13.2. The van der Waals surface area contributed by atoms with Crippen molar-refractivity contribution in [1.82, 2.24) is 4.31 Å². The topological polar surface area (TPSA) is 77.9 Å². The zero-order valence-corrected chi connectivity index (χ0v) is 16.4. The number of sulfonamides is 1. The quantitative estimate of drug-likeness (QED) is 0.794. The smallest absolute Gasteiger partial charge is 0.335 e. The molecule has 1 aliphatic heterocycles. The molecule has 0 saturated carbocycles. The fourth-order valence-electron chi connectivity index (χ4n) is 3.32. The number of hydrogen-bond donors (Lipinski definition) is 1. The Morgan fingerprint density at radius 2 is 1.96 bits per heavy atom. The molecule has 8 heteroatoms. The van der Waals surface area contributed by atoms with Gasteiger partial charge in [-0.25, -0.2) is 17.5 Å². The first-order valence-corrected chi connectivity index (χ1v) is 10.4. The van der Waals surface area contributed by atoms with Crippen LogP contribution >= 0.6 is 11.6 Å². The van der Waals surface area contributed by atoms with Gasteiger partial charge in [0.05, 0.1) is 10.6 Å². The van der Waals surface area contributed by atoms with Gasteiger partial charge >= 0.3 is 5.97 Å². The molecule has 1 saturated heterocycles. The molecule has 0 aromatic heterocycles. The summed E-state index contributed by atoms with van der Waals surface area (Å²) < 4.78 is 27.1. The first-order chi connectivity index (χ1) is 12.8. The average molecular weight is 409 g/mol. The van der Waals surface area contributed by atoms with Crippen molar-refractivity contribution < 1.29 is 18.3 Å². The summed E-state index contributed by atoms with van der Waals surface area (Å²) in [6, 6.07) is 13.7. The molecule has 1 atom stereocenters. The van der Waals surface area contributed by atoms with E-state index in [0.717, 1.165) is 31.3 Å². The van der Waals surface area contributed by atoms with Crippen molar-refractivity contribution in [2.75, 3.05) is 31.6 Å². The number of rotatable bonds is 6. The number of para-hydroxylation sites is 1. The van der Waals surface area contributed by atoms with Gasteiger partial charge in [-0.15, -0.1) is 0 Å². The molecule has 27 heavy (non-hydrogen) atoms. The zero-order valence-electron chi connectivity index (χ0n) is 14.9. The van der Waals surface area contributed by atoms with Crippen LogP contribution in [0.5, 0.6) is 0 Å². The number of carboxylic acids is 1. The van der Waals surface area contributed by atoms with Gasteiger partial charge in [-0.1, -0.05) is 29.8 Å². The summed E-state index contributed by atoms with van der Waals surface area (Å²) in [6.45, 7) is 1.99. The number of aromatic carboxylic acids is 1. The number of anilines is 1. The molecule has 144 valence electrons. The molecular weight excluding hydrogens is 388 g/mol. The maximum atomic E-state index is 12.9. The van der Waals surface area contributed by atoms with Crippen LogP contribution in [0.25, 0.3) is 0 Å². The lowest BCUT2D eigenvalue weighted by Gasteiger charge is -2.23. The van der Waals surface area contributed by atoms with Crippen LogP contribution in [0.2, 0.25) is 5.02 Å². The third-order valence-corrected chi connectivity index (χ3v) is 7.09. The van der Waals surface area contributed by atoms with Gasteiger partial charge in [-0.3, -0.25) is 0 Å². The normalized spacial score (nSPS) is 17.4. The van der Waals surface area contributed by atoms with E-state index in [4.69, 9.17) is 16.7 Å². The predicted octanol–water partition coefficient (Wildman–Crippen LogP) is 3.19. The van der Waals surface area contributed by atoms with Gasteiger partial charge in [0.2, 0.25) is 10.0 Å². The van der Waals surface area contributed by atoms with E-state index in [9.17, 15) is 13.2 Å². The second-order valence-electron chi connectivity index (χ2n) is 6.67. The molecule has 2 aromatic rings. The Labute approximate surface area is 164 Å². The third kappa shape index (κ3) is 4.26. The van der Waals surface area contributed by atoms with Gasteiger partial charge in [0, 0.05) is 32.4 Å². The molecule has 3 rings (SSSR count). The van der Waals surface area contributed by atoms with E-state index in [2.05, 4.69) is 4.90 Å². The van der Waals surface area contributed by atoms with Gasteiger partial charge < -0.3 is 10.0 Å². The minimum Gasteiger partial charge on any atom is -0.478 e. The Morgan fingerprint density at radius 3 is 2.63 bits per heavy atom. The van der Waals surface area contributed by atoms with Crippen LogP contribution in [-0.2, 0) is 10.0 Å². The first-order valence-electron chi connectivity index (χ1n) is 8.58. The van der Waals surface area contributed by atoms with E-state index in [1.54, 1.807) is 0 Å². The van der Waals surface area contributed by atoms with Crippen molar-refractivity contribution in [3.8, 4) is 0 Å². The maximum Gasteiger partial charge on any atom is 0.335 e. The van der Waals surface area contributed by atoms with Crippen LogP contribution in [0.15, 0.2) is 53.4 Å². The molecule has 0 amide bonds. The Balaban J connectivity index is 1.73. The van der Waals surface area contributed by atoms with E-state index in [1.165, 1.54) is 23.5 Å². The van der Waals surface area contributed by atoms with E-state index < -0.39 is 16.0 Å². The second-order valence-corrected chi connectivity index (χ2v) is 9.09. The molecule has 0 radical (unpaired) electrons. The van der Waals surface area contributed by atoms with Crippen LogP contribution in [0.3, 0.4) is 0 Å². The number of carboxylic acid groups (broad SMARTS) is 1. The monoisotopic (exact) mass is 408 g/mol. The molecule has 1 heterocycles. The Morgan fingerprint density at radius 1 is 1.26 bits per heavy atom.